The smallest absolute Gasteiger partial charge is 0.153 e. The molecule has 0 spiro atoms. The molecule has 4 heteroatoms. The van der Waals surface area contributed by atoms with E-state index in [-0.39, 0.29) is 11.2 Å². The SMILES string of the molecule is CC1(C)CCCCC1c1[nH]nc(N)c1-c1cccc(F)c1. The molecule has 0 saturated heterocycles. The van der Waals surface area contributed by atoms with E-state index >= 15 is 0 Å². The number of hydrogen-bond acceptors (Lipinski definition) is 2. The lowest BCUT2D eigenvalue weighted by Gasteiger charge is -2.38. The van der Waals surface area contributed by atoms with E-state index in [0.29, 0.717) is 11.7 Å². The molecule has 1 aliphatic rings. The number of rotatable bonds is 2. The number of H-pyrrole nitrogens is 1. The molecule has 1 aromatic carbocycles. The van der Waals surface area contributed by atoms with Gasteiger partial charge in [0, 0.05) is 17.2 Å². The molecule has 0 radical (unpaired) electrons. The summed E-state index contributed by atoms with van der Waals surface area (Å²) >= 11 is 0. The fourth-order valence-corrected chi connectivity index (χ4v) is 3.60. The summed E-state index contributed by atoms with van der Waals surface area (Å²) in [6.07, 6.45) is 4.80. The van der Waals surface area contributed by atoms with Crippen LogP contribution in [0.15, 0.2) is 24.3 Å². The molecule has 1 saturated carbocycles. The average molecular weight is 287 g/mol. The molecular weight excluding hydrogens is 265 g/mol. The molecule has 112 valence electrons. The van der Waals surface area contributed by atoms with Gasteiger partial charge in [-0.25, -0.2) is 4.39 Å². The Labute approximate surface area is 124 Å². The van der Waals surface area contributed by atoms with Crippen LogP contribution < -0.4 is 5.73 Å². The van der Waals surface area contributed by atoms with Crippen molar-refractivity contribution >= 4 is 5.82 Å². The fourth-order valence-electron chi connectivity index (χ4n) is 3.60. The highest BCUT2D eigenvalue weighted by Gasteiger charge is 2.36. The van der Waals surface area contributed by atoms with E-state index in [1.54, 1.807) is 6.07 Å². The van der Waals surface area contributed by atoms with E-state index in [1.807, 2.05) is 6.07 Å². The van der Waals surface area contributed by atoms with Gasteiger partial charge in [0.05, 0.1) is 0 Å². The molecule has 1 unspecified atom stereocenters. The lowest BCUT2D eigenvalue weighted by molar-refractivity contribution is 0.196. The molecule has 0 amide bonds. The zero-order chi connectivity index (χ0) is 15.0. The first-order valence-corrected chi connectivity index (χ1v) is 7.59. The predicted octanol–water partition coefficient (Wildman–Crippen LogP) is 4.48. The van der Waals surface area contributed by atoms with Crippen molar-refractivity contribution in [1.29, 1.82) is 0 Å². The zero-order valence-corrected chi connectivity index (χ0v) is 12.6. The van der Waals surface area contributed by atoms with Gasteiger partial charge < -0.3 is 5.73 Å². The minimum atomic E-state index is -0.248. The highest BCUT2D eigenvalue weighted by Crippen LogP contribution is 2.49. The second-order valence-corrected chi connectivity index (χ2v) is 6.69. The molecule has 2 aromatic rings. The number of halogens is 1. The van der Waals surface area contributed by atoms with Crippen molar-refractivity contribution in [2.24, 2.45) is 5.41 Å². The number of anilines is 1. The number of nitrogen functional groups attached to an aromatic ring is 1. The largest absolute Gasteiger partial charge is 0.382 e. The molecule has 1 atom stereocenters. The van der Waals surface area contributed by atoms with Gasteiger partial charge in [0.1, 0.15) is 5.82 Å². The Kier molecular flexibility index (Phi) is 3.47. The lowest BCUT2D eigenvalue weighted by Crippen LogP contribution is -2.26. The quantitative estimate of drug-likeness (QED) is 0.855. The molecule has 1 heterocycles. The predicted molar refractivity (Wildman–Crippen MR) is 83.4 cm³/mol. The minimum Gasteiger partial charge on any atom is -0.382 e. The maximum Gasteiger partial charge on any atom is 0.153 e. The Morgan fingerprint density at radius 1 is 1.33 bits per heavy atom. The first-order chi connectivity index (χ1) is 9.99. The third-order valence-corrected chi connectivity index (χ3v) is 4.79. The van der Waals surface area contributed by atoms with E-state index in [1.165, 1.54) is 31.4 Å². The summed E-state index contributed by atoms with van der Waals surface area (Å²) < 4.78 is 13.5. The second kappa shape index (κ2) is 5.17. The zero-order valence-electron chi connectivity index (χ0n) is 12.6. The lowest BCUT2D eigenvalue weighted by atomic mass is 9.67. The standard InChI is InChI=1S/C17H22FN3/c1-17(2)9-4-3-8-13(17)15-14(16(19)21-20-15)11-6-5-7-12(18)10-11/h5-7,10,13H,3-4,8-9H2,1-2H3,(H3,19,20,21). The number of nitrogens with two attached hydrogens (primary N) is 1. The van der Waals surface area contributed by atoms with Gasteiger partial charge in [0.15, 0.2) is 5.82 Å². The first-order valence-electron chi connectivity index (χ1n) is 7.59. The third-order valence-electron chi connectivity index (χ3n) is 4.79. The van der Waals surface area contributed by atoms with Crippen LogP contribution in [0, 0.1) is 11.2 Å². The fraction of sp³-hybridized carbons (Fsp3) is 0.471. The van der Waals surface area contributed by atoms with Gasteiger partial charge in [-0.15, -0.1) is 0 Å². The molecule has 21 heavy (non-hydrogen) atoms. The number of nitrogens with zero attached hydrogens (tertiary/aromatic N) is 1. The Morgan fingerprint density at radius 3 is 2.86 bits per heavy atom. The van der Waals surface area contributed by atoms with Crippen LogP contribution in [-0.2, 0) is 0 Å². The van der Waals surface area contributed by atoms with Crippen molar-refractivity contribution in [1.82, 2.24) is 10.2 Å². The van der Waals surface area contributed by atoms with E-state index in [2.05, 4.69) is 24.0 Å². The van der Waals surface area contributed by atoms with Crippen molar-refractivity contribution in [3.05, 3.63) is 35.8 Å². The van der Waals surface area contributed by atoms with Crippen LogP contribution in [0.1, 0.15) is 51.1 Å². The summed E-state index contributed by atoms with van der Waals surface area (Å²) in [5.74, 6) is 0.591. The summed E-state index contributed by atoms with van der Waals surface area (Å²) in [7, 11) is 0. The van der Waals surface area contributed by atoms with Crippen molar-refractivity contribution in [2.75, 3.05) is 5.73 Å². The van der Waals surface area contributed by atoms with Gasteiger partial charge in [0.25, 0.3) is 0 Å². The van der Waals surface area contributed by atoms with Gasteiger partial charge in [-0.1, -0.05) is 38.8 Å². The second-order valence-electron chi connectivity index (χ2n) is 6.69. The Hall–Kier alpha value is -1.84. The number of aromatic nitrogens is 2. The number of benzene rings is 1. The molecule has 3 nitrogen and oxygen atoms in total. The van der Waals surface area contributed by atoms with E-state index in [4.69, 9.17) is 5.73 Å². The first kappa shape index (κ1) is 14.1. The summed E-state index contributed by atoms with van der Waals surface area (Å²) in [5, 5.41) is 7.31. The monoisotopic (exact) mass is 287 g/mol. The van der Waals surface area contributed by atoms with Crippen molar-refractivity contribution in [2.45, 2.75) is 45.4 Å². The molecule has 0 aliphatic heterocycles. The number of nitrogens with one attached hydrogen (secondary N) is 1. The topological polar surface area (TPSA) is 54.7 Å². The van der Waals surface area contributed by atoms with Crippen LogP contribution in [0.4, 0.5) is 10.2 Å². The van der Waals surface area contributed by atoms with Gasteiger partial charge in [-0.3, -0.25) is 5.10 Å². The molecule has 1 fully saturated rings. The van der Waals surface area contributed by atoms with Crippen LogP contribution in [-0.4, -0.2) is 10.2 Å². The summed E-state index contributed by atoms with van der Waals surface area (Å²) in [6.45, 7) is 4.59. The average Bonchev–Trinajstić information content (AvgIpc) is 2.80. The maximum atomic E-state index is 13.5. The van der Waals surface area contributed by atoms with E-state index in [0.717, 1.165) is 23.2 Å². The Bertz CT molecular complexity index is 645. The molecular formula is C17H22FN3. The Balaban J connectivity index is 2.09. The highest BCUT2D eigenvalue weighted by atomic mass is 19.1. The van der Waals surface area contributed by atoms with Crippen molar-refractivity contribution < 1.29 is 4.39 Å². The van der Waals surface area contributed by atoms with Gasteiger partial charge >= 0.3 is 0 Å². The van der Waals surface area contributed by atoms with Gasteiger partial charge in [-0.2, -0.15) is 5.10 Å². The number of hydrogen-bond donors (Lipinski definition) is 2. The van der Waals surface area contributed by atoms with Crippen LogP contribution in [0.25, 0.3) is 11.1 Å². The molecule has 1 aliphatic carbocycles. The normalized spacial score (nSPS) is 21.4. The summed E-state index contributed by atoms with van der Waals surface area (Å²) in [6, 6.07) is 6.58. The minimum absolute atomic E-state index is 0.208. The molecule has 3 rings (SSSR count). The van der Waals surface area contributed by atoms with Crippen LogP contribution in [0.2, 0.25) is 0 Å². The van der Waals surface area contributed by atoms with Crippen molar-refractivity contribution in [3.63, 3.8) is 0 Å². The summed E-state index contributed by atoms with van der Waals surface area (Å²) in [4.78, 5) is 0. The molecule has 1 aromatic heterocycles. The Morgan fingerprint density at radius 2 is 2.14 bits per heavy atom. The van der Waals surface area contributed by atoms with Crippen LogP contribution in [0.3, 0.4) is 0 Å². The van der Waals surface area contributed by atoms with E-state index in [9.17, 15) is 4.39 Å². The van der Waals surface area contributed by atoms with Crippen LogP contribution in [0.5, 0.6) is 0 Å². The third kappa shape index (κ3) is 2.55. The van der Waals surface area contributed by atoms with Crippen molar-refractivity contribution in [3.8, 4) is 11.1 Å². The van der Waals surface area contributed by atoms with Gasteiger partial charge in [0.2, 0.25) is 0 Å². The highest BCUT2D eigenvalue weighted by molar-refractivity contribution is 5.76. The number of aromatic amines is 1. The van der Waals surface area contributed by atoms with Gasteiger partial charge in [-0.05, 0) is 36.0 Å². The maximum absolute atomic E-state index is 13.5. The van der Waals surface area contributed by atoms with E-state index < -0.39 is 0 Å². The summed E-state index contributed by atoms with van der Waals surface area (Å²) in [5.41, 5.74) is 8.99. The molecule has 0 bridgehead atoms. The van der Waals surface area contributed by atoms with Crippen LogP contribution >= 0.6 is 0 Å². The molecule has 3 N–H and O–H groups in total.